The Hall–Kier alpha value is -2.91. The molecule has 2 heterocycles. The van der Waals surface area contributed by atoms with E-state index in [1.165, 1.54) is 0 Å². The Labute approximate surface area is 195 Å². The summed E-state index contributed by atoms with van der Waals surface area (Å²) in [6.07, 6.45) is 2.19. The van der Waals surface area contributed by atoms with Gasteiger partial charge in [-0.25, -0.2) is 13.4 Å². The zero-order chi connectivity index (χ0) is 23.6. The predicted octanol–water partition coefficient (Wildman–Crippen LogP) is 3.22. The van der Waals surface area contributed by atoms with Gasteiger partial charge >= 0.3 is 0 Å². The number of anilines is 1. The summed E-state index contributed by atoms with van der Waals surface area (Å²) < 4.78 is 28.9. The predicted molar refractivity (Wildman–Crippen MR) is 132 cm³/mol. The average molecular weight is 470 g/mol. The van der Waals surface area contributed by atoms with Crippen LogP contribution in [0, 0.1) is 0 Å². The number of rotatable bonds is 8. The first kappa shape index (κ1) is 23.3. The minimum atomic E-state index is -3.50. The molecule has 1 unspecified atom stereocenters. The molecule has 176 valence electrons. The summed E-state index contributed by atoms with van der Waals surface area (Å²) in [5.41, 5.74) is 2.89. The van der Waals surface area contributed by atoms with Gasteiger partial charge in [-0.1, -0.05) is 37.3 Å². The number of fused-ring (bicyclic) bond motifs is 1. The molecule has 0 radical (unpaired) electrons. The van der Waals surface area contributed by atoms with Crippen molar-refractivity contribution in [2.45, 2.75) is 32.7 Å². The fourth-order valence-corrected chi connectivity index (χ4v) is 5.15. The van der Waals surface area contributed by atoms with Crippen LogP contribution in [0.1, 0.15) is 37.0 Å². The summed E-state index contributed by atoms with van der Waals surface area (Å²) in [4.78, 5) is 20.5. The first-order chi connectivity index (χ1) is 15.8. The van der Waals surface area contributed by atoms with E-state index in [4.69, 9.17) is 4.98 Å². The maximum Gasteiger partial charge on any atom is 0.253 e. The third-order valence-electron chi connectivity index (χ3n) is 6.30. The van der Waals surface area contributed by atoms with Crippen molar-refractivity contribution in [2.75, 3.05) is 30.1 Å². The van der Waals surface area contributed by atoms with Crippen molar-refractivity contribution in [3.63, 3.8) is 0 Å². The van der Waals surface area contributed by atoms with Crippen LogP contribution in [0.4, 0.5) is 5.69 Å². The summed E-state index contributed by atoms with van der Waals surface area (Å²) >= 11 is 0. The molecule has 0 saturated carbocycles. The SMILES string of the molecule is CCN1CCCC1CNC(=O)c1cc(NS(=O)(=O)CC)cc2nc(-c3ccccc3)n(C)c12. The molecule has 0 spiro atoms. The number of aryl methyl sites for hydroxylation is 1. The zero-order valence-corrected chi connectivity index (χ0v) is 20.2. The summed E-state index contributed by atoms with van der Waals surface area (Å²) in [6, 6.07) is 13.3. The van der Waals surface area contributed by atoms with Crippen molar-refractivity contribution in [1.29, 1.82) is 0 Å². The average Bonchev–Trinajstić information content (AvgIpc) is 3.41. The lowest BCUT2D eigenvalue weighted by molar-refractivity contribution is 0.0942. The highest BCUT2D eigenvalue weighted by molar-refractivity contribution is 7.92. The van der Waals surface area contributed by atoms with Crippen LogP contribution in [-0.2, 0) is 17.1 Å². The van der Waals surface area contributed by atoms with Gasteiger partial charge in [-0.3, -0.25) is 14.4 Å². The second-order valence-corrected chi connectivity index (χ2v) is 10.4. The van der Waals surface area contributed by atoms with Gasteiger partial charge in [0.2, 0.25) is 10.0 Å². The van der Waals surface area contributed by atoms with Gasteiger partial charge in [-0.15, -0.1) is 0 Å². The molecule has 1 amide bonds. The molecule has 1 aromatic heterocycles. The summed E-state index contributed by atoms with van der Waals surface area (Å²) in [6.45, 7) is 6.28. The van der Waals surface area contributed by atoms with Gasteiger partial charge in [0.1, 0.15) is 5.82 Å². The molecule has 33 heavy (non-hydrogen) atoms. The van der Waals surface area contributed by atoms with Gasteiger partial charge in [-0.2, -0.15) is 0 Å². The number of hydrogen-bond acceptors (Lipinski definition) is 5. The Morgan fingerprint density at radius 2 is 1.94 bits per heavy atom. The van der Waals surface area contributed by atoms with Crippen LogP contribution in [-0.4, -0.2) is 60.2 Å². The smallest absolute Gasteiger partial charge is 0.253 e. The Morgan fingerprint density at radius 1 is 1.18 bits per heavy atom. The number of aromatic nitrogens is 2. The molecule has 1 fully saturated rings. The van der Waals surface area contributed by atoms with Crippen molar-refractivity contribution in [3.05, 3.63) is 48.0 Å². The van der Waals surface area contributed by atoms with Crippen molar-refractivity contribution >= 4 is 32.7 Å². The Balaban J connectivity index is 1.74. The Morgan fingerprint density at radius 3 is 2.64 bits per heavy atom. The van der Waals surface area contributed by atoms with Crippen LogP contribution >= 0.6 is 0 Å². The van der Waals surface area contributed by atoms with E-state index in [2.05, 4.69) is 21.9 Å². The number of imidazole rings is 1. The Bertz CT molecular complexity index is 1250. The molecule has 1 atom stereocenters. The van der Waals surface area contributed by atoms with Gasteiger partial charge in [0.05, 0.1) is 28.0 Å². The minimum Gasteiger partial charge on any atom is -0.350 e. The molecule has 1 saturated heterocycles. The second kappa shape index (κ2) is 9.52. The van der Waals surface area contributed by atoms with Crippen molar-refractivity contribution in [1.82, 2.24) is 19.8 Å². The van der Waals surface area contributed by atoms with Gasteiger partial charge < -0.3 is 9.88 Å². The van der Waals surface area contributed by atoms with E-state index in [0.29, 0.717) is 40.7 Å². The third kappa shape index (κ3) is 4.89. The molecule has 3 aromatic rings. The van der Waals surface area contributed by atoms with Crippen molar-refractivity contribution in [2.24, 2.45) is 7.05 Å². The molecule has 1 aliphatic heterocycles. The van der Waals surface area contributed by atoms with Gasteiger partial charge in [-0.05, 0) is 45.0 Å². The molecule has 8 nitrogen and oxygen atoms in total. The molecule has 4 rings (SSSR count). The minimum absolute atomic E-state index is 0.0570. The maximum absolute atomic E-state index is 13.3. The number of amides is 1. The fraction of sp³-hybridized carbons (Fsp3) is 0.417. The van der Waals surface area contributed by atoms with Crippen LogP contribution in [0.3, 0.4) is 0 Å². The Kier molecular flexibility index (Phi) is 6.71. The largest absolute Gasteiger partial charge is 0.350 e. The van der Waals surface area contributed by atoms with E-state index < -0.39 is 10.0 Å². The highest BCUT2D eigenvalue weighted by Gasteiger charge is 2.25. The quantitative estimate of drug-likeness (QED) is 0.528. The van der Waals surface area contributed by atoms with Crippen LogP contribution in [0.5, 0.6) is 0 Å². The van der Waals surface area contributed by atoms with Gasteiger partial charge in [0, 0.05) is 25.2 Å². The first-order valence-electron chi connectivity index (χ1n) is 11.4. The maximum atomic E-state index is 13.3. The van der Waals surface area contributed by atoms with Crippen LogP contribution in [0.2, 0.25) is 0 Å². The van der Waals surface area contributed by atoms with Crippen LogP contribution < -0.4 is 10.0 Å². The molecule has 9 heteroatoms. The molecule has 0 bridgehead atoms. The molecular formula is C24H31N5O3S. The van der Waals surface area contributed by atoms with Gasteiger partial charge in [0.15, 0.2) is 0 Å². The normalized spacial score (nSPS) is 16.9. The summed E-state index contributed by atoms with van der Waals surface area (Å²) in [5, 5.41) is 3.08. The fourth-order valence-electron chi connectivity index (χ4n) is 4.53. The molecular weight excluding hydrogens is 438 g/mol. The number of carbonyl (C=O) groups is 1. The van der Waals surface area contributed by atoms with Crippen molar-refractivity contribution in [3.8, 4) is 11.4 Å². The molecule has 1 aliphatic rings. The zero-order valence-electron chi connectivity index (χ0n) is 19.3. The molecule has 2 N–H and O–H groups in total. The monoisotopic (exact) mass is 469 g/mol. The van der Waals surface area contributed by atoms with Crippen LogP contribution in [0.25, 0.3) is 22.4 Å². The lowest BCUT2D eigenvalue weighted by Crippen LogP contribution is -2.40. The van der Waals surface area contributed by atoms with E-state index >= 15 is 0 Å². The van der Waals surface area contributed by atoms with E-state index in [0.717, 1.165) is 31.5 Å². The lowest BCUT2D eigenvalue weighted by Gasteiger charge is -2.23. The number of likely N-dealkylation sites (N-methyl/N-ethyl adjacent to an activating group) is 1. The molecule has 2 aromatic carbocycles. The number of sulfonamides is 1. The third-order valence-corrected chi connectivity index (χ3v) is 7.61. The van der Waals surface area contributed by atoms with Crippen LogP contribution in [0.15, 0.2) is 42.5 Å². The number of likely N-dealkylation sites (tertiary alicyclic amines) is 1. The van der Waals surface area contributed by atoms with E-state index in [-0.39, 0.29) is 11.7 Å². The van der Waals surface area contributed by atoms with E-state index in [1.807, 2.05) is 41.9 Å². The van der Waals surface area contributed by atoms with Gasteiger partial charge in [0.25, 0.3) is 5.91 Å². The standard InChI is InChI=1S/C24H31N5O3S/c1-4-29-13-9-12-19(29)16-25-24(30)20-14-18(27-33(31,32)5-2)15-21-22(20)28(3)23(26-21)17-10-7-6-8-11-17/h6-8,10-11,14-15,19,27H,4-5,9,12-13,16H2,1-3H3,(H,25,30). The number of nitrogens with zero attached hydrogens (tertiary/aromatic N) is 3. The summed E-state index contributed by atoms with van der Waals surface area (Å²) in [5.74, 6) is 0.421. The number of benzene rings is 2. The number of nitrogens with one attached hydrogen (secondary N) is 2. The van der Waals surface area contributed by atoms with Crippen molar-refractivity contribution < 1.29 is 13.2 Å². The lowest BCUT2D eigenvalue weighted by atomic mass is 10.1. The highest BCUT2D eigenvalue weighted by atomic mass is 32.2. The second-order valence-electron chi connectivity index (χ2n) is 8.39. The summed E-state index contributed by atoms with van der Waals surface area (Å²) in [7, 11) is -1.62. The number of carbonyl (C=O) groups excluding carboxylic acids is 1. The number of hydrogen-bond donors (Lipinski definition) is 2. The van der Waals surface area contributed by atoms with E-state index in [9.17, 15) is 13.2 Å². The highest BCUT2D eigenvalue weighted by Crippen LogP contribution is 2.29. The first-order valence-corrected chi connectivity index (χ1v) is 13.1. The van der Waals surface area contributed by atoms with E-state index in [1.54, 1.807) is 19.1 Å². The molecule has 0 aliphatic carbocycles. The topological polar surface area (TPSA) is 96.3 Å².